The fraction of sp³-hybridized carbons (Fsp3) is 0.333. The third-order valence-corrected chi connectivity index (χ3v) is 8.92. The summed E-state index contributed by atoms with van der Waals surface area (Å²) in [5.74, 6) is 0. The van der Waals surface area contributed by atoms with Crippen LogP contribution in [-0.2, 0) is 10.0 Å². The first-order valence-electron chi connectivity index (χ1n) is 12.1. The molecular formula is C27H29Cl2N3O3S. The Bertz CT molecular complexity index is 1460. The van der Waals surface area contributed by atoms with E-state index in [1.165, 1.54) is 0 Å². The van der Waals surface area contributed by atoms with Crippen LogP contribution in [0.1, 0.15) is 24.9 Å². The van der Waals surface area contributed by atoms with Crippen molar-refractivity contribution in [3.05, 3.63) is 76.3 Å². The maximum absolute atomic E-state index is 13.2. The minimum Gasteiger partial charge on any atom is -0.389 e. The van der Waals surface area contributed by atoms with Gasteiger partial charge in [-0.2, -0.15) is 0 Å². The number of sulfonamides is 1. The maximum Gasteiger partial charge on any atom is 0.240 e. The molecule has 3 aromatic carbocycles. The van der Waals surface area contributed by atoms with Gasteiger partial charge in [-0.05, 0) is 68.4 Å². The first-order valence-corrected chi connectivity index (χ1v) is 14.3. The number of aliphatic hydroxyl groups is 1. The van der Waals surface area contributed by atoms with Crippen LogP contribution in [0.3, 0.4) is 0 Å². The minimum atomic E-state index is -3.82. The van der Waals surface area contributed by atoms with Crippen LogP contribution < -0.4 is 4.72 Å². The van der Waals surface area contributed by atoms with E-state index in [0.29, 0.717) is 23.1 Å². The summed E-state index contributed by atoms with van der Waals surface area (Å²) in [6.07, 6.45) is -0.0398. The highest BCUT2D eigenvalue weighted by atomic mass is 35.5. The highest BCUT2D eigenvalue weighted by Crippen LogP contribution is 2.37. The van der Waals surface area contributed by atoms with Gasteiger partial charge in [0.15, 0.2) is 0 Å². The number of benzene rings is 3. The topological polar surface area (TPSA) is 74.6 Å². The Morgan fingerprint density at radius 1 is 0.944 bits per heavy atom. The van der Waals surface area contributed by atoms with Gasteiger partial charge < -0.3 is 9.67 Å². The summed E-state index contributed by atoms with van der Waals surface area (Å²) in [6, 6.07) is 17.0. The maximum atomic E-state index is 13.2. The van der Waals surface area contributed by atoms with E-state index in [1.54, 1.807) is 24.3 Å². The lowest BCUT2D eigenvalue weighted by Gasteiger charge is -2.42. The number of halogens is 2. The number of aliphatic hydroxyl groups excluding tert-OH is 1. The second-order valence-electron chi connectivity index (χ2n) is 9.55. The predicted molar refractivity (Wildman–Crippen MR) is 147 cm³/mol. The standard InChI is InChI=1S/C27H29Cl2N3O3S/c1-3-12-31-15-23(30-36(34,35)20-8-4-17(2)5-9-20)27(33)26(16-31)32-24-10-6-18(28)13-21(24)22-14-19(29)7-11-25(22)32/h4-11,13-14,23,26-27,30,33H,3,12,15-16H2,1-2H3/t23-,26+,27+/m1/s1. The number of fused-ring (bicyclic) bond motifs is 3. The predicted octanol–water partition coefficient (Wildman–Crippen LogP) is 5.38. The first kappa shape index (κ1) is 25.5. The van der Waals surface area contributed by atoms with Crippen LogP contribution in [0.15, 0.2) is 65.6 Å². The van der Waals surface area contributed by atoms with Gasteiger partial charge in [-0.3, -0.25) is 4.90 Å². The van der Waals surface area contributed by atoms with Crippen LogP contribution in [0.25, 0.3) is 21.8 Å². The van der Waals surface area contributed by atoms with Crippen LogP contribution in [-0.4, -0.2) is 54.8 Å². The van der Waals surface area contributed by atoms with Gasteiger partial charge in [0.2, 0.25) is 10.0 Å². The molecule has 6 nitrogen and oxygen atoms in total. The summed E-state index contributed by atoms with van der Waals surface area (Å²) in [7, 11) is -3.82. The normalized spacial score (nSPS) is 21.4. The number of nitrogens with one attached hydrogen (secondary N) is 1. The zero-order valence-corrected chi connectivity index (χ0v) is 22.5. The molecule has 1 aliphatic heterocycles. The van der Waals surface area contributed by atoms with Crippen LogP contribution >= 0.6 is 23.2 Å². The van der Waals surface area contributed by atoms with Crippen LogP contribution in [0.2, 0.25) is 10.0 Å². The van der Waals surface area contributed by atoms with Gasteiger partial charge in [-0.15, -0.1) is 0 Å². The van der Waals surface area contributed by atoms with Gasteiger partial charge in [-0.25, -0.2) is 13.1 Å². The van der Waals surface area contributed by atoms with Crippen molar-refractivity contribution in [1.82, 2.24) is 14.2 Å². The van der Waals surface area contributed by atoms with Crippen molar-refractivity contribution < 1.29 is 13.5 Å². The highest BCUT2D eigenvalue weighted by Gasteiger charge is 2.39. The van der Waals surface area contributed by atoms with E-state index in [4.69, 9.17) is 23.2 Å². The molecular weight excluding hydrogens is 517 g/mol. The quantitative estimate of drug-likeness (QED) is 0.341. The van der Waals surface area contributed by atoms with E-state index in [1.807, 2.05) is 43.3 Å². The second-order valence-corrected chi connectivity index (χ2v) is 12.1. The van der Waals surface area contributed by atoms with E-state index in [2.05, 4.69) is 21.1 Å². The Morgan fingerprint density at radius 3 is 2.08 bits per heavy atom. The Morgan fingerprint density at radius 2 is 1.53 bits per heavy atom. The molecule has 1 aliphatic rings. The number of aromatic nitrogens is 1. The number of piperidine rings is 1. The van der Waals surface area contributed by atoms with E-state index in [-0.39, 0.29) is 4.90 Å². The average molecular weight is 547 g/mol. The molecule has 0 amide bonds. The van der Waals surface area contributed by atoms with E-state index < -0.39 is 28.2 Å². The Hall–Kier alpha value is -2.13. The molecule has 0 radical (unpaired) electrons. The van der Waals surface area contributed by atoms with Crippen LogP contribution in [0, 0.1) is 6.92 Å². The molecule has 0 spiro atoms. The smallest absolute Gasteiger partial charge is 0.240 e. The summed E-state index contributed by atoms with van der Waals surface area (Å²) in [5, 5.41) is 14.8. The second kappa shape index (κ2) is 9.97. The third-order valence-electron chi connectivity index (χ3n) is 6.94. The summed E-state index contributed by atoms with van der Waals surface area (Å²) in [6.45, 7) is 5.80. The third kappa shape index (κ3) is 4.76. The van der Waals surface area contributed by atoms with Crippen molar-refractivity contribution >= 4 is 55.0 Å². The van der Waals surface area contributed by atoms with Crippen molar-refractivity contribution in [2.45, 2.75) is 43.4 Å². The van der Waals surface area contributed by atoms with Crippen molar-refractivity contribution in [2.24, 2.45) is 0 Å². The molecule has 4 aromatic rings. The zero-order chi connectivity index (χ0) is 25.6. The number of hydrogen-bond acceptors (Lipinski definition) is 4. The zero-order valence-electron chi connectivity index (χ0n) is 20.2. The lowest BCUT2D eigenvalue weighted by molar-refractivity contribution is 0.0135. The summed E-state index contributed by atoms with van der Waals surface area (Å²) >= 11 is 12.7. The molecule has 1 aromatic heterocycles. The molecule has 36 heavy (non-hydrogen) atoms. The Balaban J connectivity index is 1.59. The van der Waals surface area contributed by atoms with Gasteiger partial charge in [0.05, 0.1) is 23.1 Å². The summed E-state index contributed by atoms with van der Waals surface area (Å²) < 4.78 is 31.4. The molecule has 0 aliphatic carbocycles. The van der Waals surface area contributed by atoms with Gasteiger partial charge in [-0.1, -0.05) is 47.8 Å². The summed E-state index contributed by atoms with van der Waals surface area (Å²) in [4.78, 5) is 2.40. The summed E-state index contributed by atoms with van der Waals surface area (Å²) in [5.41, 5.74) is 2.81. The molecule has 1 saturated heterocycles. The number of nitrogens with zero attached hydrogens (tertiary/aromatic N) is 2. The Kier molecular flexibility index (Phi) is 7.07. The van der Waals surface area contributed by atoms with Gasteiger partial charge >= 0.3 is 0 Å². The molecule has 0 bridgehead atoms. The number of aryl methyl sites for hydroxylation is 1. The van der Waals surface area contributed by atoms with Gasteiger partial charge in [0, 0.05) is 44.9 Å². The van der Waals surface area contributed by atoms with Crippen molar-refractivity contribution in [2.75, 3.05) is 19.6 Å². The molecule has 0 unspecified atom stereocenters. The molecule has 2 N–H and O–H groups in total. The molecule has 190 valence electrons. The molecule has 5 rings (SSSR count). The lowest BCUT2D eigenvalue weighted by Crippen LogP contribution is -2.59. The minimum absolute atomic E-state index is 0.186. The van der Waals surface area contributed by atoms with E-state index >= 15 is 0 Å². The monoisotopic (exact) mass is 545 g/mol. The molecule has 9 heteroatoms. The van der Waals surface area contributed by atoms with Gasteiger partial charge in [0.25, 0.3) is 0 Å². The molecule has 1 fully saturated rings. The van der Waals surface area contributed by atoms with Crippen LogP contribution in [0.4, 0.5) is 0 Å². The fourth-order valence-electron chi connectivity index (χ4n) is 5.28. The largest absolute Gasteiger partial charge is 0.389 e. The fourth-order valence-corrected chi connectivity index (χ4v) is 6.87. The average Bonchev–Trinajstić information content (AvgIpc) is 3.14. The first-order chi connectivity index (χ1) is 17.2. The van der Waals surface area contributed by atoms with E-state index in [9.17, 15) is 13.5 Å². The van der Waals surface area contributed by atoms with E-state index in [0.717, 1.165) is 40.3 Å². The van der Waals surface area contributed by atoms with Crippen LogP contribution in [0.5, 0.6) is 0 Å². The number of likely N-dealkylation sites (tertiary alicyclic amines) is 1. The van der Waals surface area contributed by atoms with Crippen molar-refractivity contribution in [1.29, 1.82) is 0 Å². The van der Waals surface area contributed by atoms with Crippen molar-refractivity contribution in [3.63, 3.8) is 0 Å². The number of hydrogen-bond donors (Lipinski definition) is 2. The molecule has 2 heterocycles. The number of rotatable bonds is 6. The van der Waals surface area contributed by atoms with Crippen molar-refractivity contribution in [3.8, 4) is 0 Å². The molecule has 0 saturated carbocycles. The van der Waals surface area contributed by atoms with Gasteiger partial charge in [0.1, 0.15) is 0 Å². The lowest BCUT2D eigenvalue weighted by atomic mass is 9.97. The SMILES string of the molecule is CCCN1C[C@@H](NS(=O)(=O)c2ccc(C)cc2)[C@H](O)[C@@H](n2c3ccc(Cl)cc3c3cc(Cl)ccc32)C1. The molecule has 3 atom stereocenters. The Labute approximate surface area is 221 Å². The highest BCUT2D eigenvalue weighted by molar-refractivity contribution is 7.89.